The lowest BCUT2D eigenvalue weighted by atomic mass is 10.1. The van der Waals surface area contributed by atoms with Crippen molar-refractivity contribution in [3.63, 3.8) is 0 Å². The number of hydrogen-bond donors (Lipinski definition) is 2. The predicted octanol–water partition coefficient (Wildman–Crippen LogP) is 2.11. The van der Waals surface area contributed by atoms with Crippen LogP contribution in [0.2, 0.25) is 0 Å². The fourth-order valence-corrected chi connectivity index (χ4v) is 1.86. The van der Waals surface area contributed by atoms with Crippen molar-refractivity contribution in [2.24, 2.45) is 0 Å². The Kier molecular flexibility index (Phi) is 5.02. The molecule has 0 spiro atoms. The zero-order valence-electron chi connectivity index (χ0n) is 9.08. The number of aryl methyl sites for hydroxylation is 1. The van der Waals surface area contributed by atoms with E-state index >= 15 is 0 Å². The SMILES string of the molecule is Cc1cc(Br)cc(C(=O)NCC(O)C(F)F)c1. The monoisotopic (exact) mass is 307 g/mol. The molecule has 1 amide bonds. The molecule has 0 aliphatic carbocycles. The number of rotatable bonds is 4. The molecule has 0 fully saturated rings. The minimum Gasteiger partial charge on any atom is -0.385 e. The Bertz CT molecular complexity index is 392. The summed E-state index contributed by atoms with van der Waals surface area (Å²) in [6.07, 6.45) is -4.70. The average Bonchev–Trinajstić information content (AvgIpc) is 2.23. The van der Waals surface area contributed by atoms with Crippen LogP contribution in [0, 0.1) is 6.92 Å². The summed E-state index contributed by atoms with van der Waals surface area (Å²) in [6.45, 7) is 1.34. The number of alkyl halides is 2. The molecular weight excluding hydrogens is 296 g/mol. The third-order valence-corrected chi connectivity index (χ3v) is 2.52. The van der Waals surface area contributed by atoms with E-state index in [-0.39, 0.29) is 0 Å². The molecule has 1 unspecified atom stereocenters. The first-order chi connectivity index (χ1) is 7.90. The van der Waals surface area contributed by atoms with E-state index in [0.717, 1.165) is 10.0 Å². The minimum absolute atomic E-state index is 0.360. The number of amides is 1. The van der Waals surface area contributed by atoms with Gasteiger partial charge in [-0.05, 0) is 30.7 Å². The van der Waals surface area contributed by atoms with Crippen LogP contribution in [0.4, 0.5) is 8.78 Å². The van der Waals surface area contributed by atoms with Gasteiger partial charge in [0.2, 0.25) is 0 Å². The van der Waals surface area contributed by atoms with Gasteiger partial charge in [0.05, 0.1) is 0 Å². The van der Waals surface area contributed by atoms with Crippen molar-refractivity contribution < 1.29 is 18.7 Å². The van der Waals surface area contributed by atoms with Gasteiger partial charge in [-0.2, -0.15) is 0 Å². The van der Waals surface area contributed by atoms with Crippen molar-refractivity contribution in [3.8, 4) is 0 Å². The average molecular weight is 308 g/mol. The van der Waals surface area contributed by atoms with E-state index in [4.69, 9.17) is 5.11 Å². The highest BCUT2D eigenvalue weighted by molar-refractivity contribution is 9.10. The summed E-state index contributed by atoms with van der Waals surface area (Å²) in [5, 5.41) is 11.1. The first kappa shape index (κ1) is 14.1. The van der Waals surface area contributed by atoms with Crippen molar-refractivity contribution in [2.75, 3.05) is 6.54 Å². The molecule has 0 heterocycles. The molecule has 1 aromatic rings. The topological polar surface area (TPSA) is 49.3 Å². The van der Waals surface area contributed by atoms with Gasteiger partial charge in [0.1, 0.15) is 6.10 Å². The highest BCUT2D eigenvalue weighted by Gasteiger charge is 2.17. The second-order valence-corrected chi connectivity index (χ2v) is 4.54. The van der Waals surface area contributed by atoms with E-state index in [0.29, 0.717) is 5.56 Å². The van der Waals surface area contributed by atoms with Crippen LogP contribution >= 0.6 is 15.9 Å². The van der Waals surface area contributed by atoms with Crippen LogP contribution in [0.5, 0.6) is 0 Å². The second kappa shape index (κ2) is 6.07. The molecule has 0 radical (unpaired) electrons. The van der Waals surface area contributed by atoms with Gasteiger partial charge in [0.25, 0.3) is 12.3 Å². The van der Waals surface area contributed by atoms with Gasteiger partial charge in [-0.25, -0.2) is 8.78 Å². The second-order valence-electron chi connectivity index (χ2n) is 3.63. The van der Waals surface area contributed by atoms with Crippen LogP contribution in [0.15, 0.2) is 22.7 Å². The molecule has 3 nitrogen and oxygen atoms in total. The van der Waals surface area contributed by atoms with Crippen molar-refractivity contribution in [2.45, 2.75) is 19.5 Å². The van der Waals surface area contributed by atoms with Gasteiger partial charge in [0, 0.05) is 16.6 Å². The molecule has 6 heteroatoms. The third kappa shape index (κ3) is 4.40. The van der Waals surface area contributed by atoms with E-state index < -0.39 is 25.0 Å². The Morgan fingerprint density at radius 3 is 2.65 bits per heavy atom. The zero-order chi connectivity index (χ0) is 13.0. The lowest BCUT2D eigenvalue weighted by molar-refractivity contribution is -0.00270. The number of carbonyl (C=O) groups excluding carboxylic acids is 1. The van der Waals surface area contributed by atoms with Crippen LogP contribution in [0.1, 0.15) is 15.9 Å². The van der Waals surface area contributed by atoms with Crippen LogP contribution in [0.25, 0.3) is 0 Å². The minimum atomic E-state index is -2.86. The summed E-state index contributed by atoms with van der Waals surface area (Å²) in [7, 11) is 0. The molecule has 94 valence electrons. The Balaban J connectivity index is 2.64. The number of carbonyl (C=O) groups is 1. The maximum absolute atomic E-state index is 12.0. The van der Waals surface area contributed by atoms with E-state index in [2.05, 4.69) is 21.2 Å². The van der Waals surface area contributed by atoms with Crippen LogP contribution in [-0.4, -0.2) is 30.1 Å². The highest BCUT2D eigenvalue weighted by atomic mass is 79.9. The van der Waals surface area contributed by atoms with Crippen molar-refractivity contribution in [1.29, 1.82) is 0 Å². The van der Waals surface area contributed by atoms with Crippen molar-refractivity contribution >= 4 is 21.8 Å². The summed E-state index contributed by atoms with van der Waals surface area (Å²) in [6, 6.07) is 5.04. The lowest BCUT2D eigenvalue weighted by Gasteiger charge is -2.11. The molecule has 2 N–H and O–H groups in total. The van der Waals surface area contributed by atoms with E-state index in [1.54, 1.807) is 12.1 Å². The lowest BCUT2D eigenvalue weighted by Crippen LogP contribution is -2.35. The molecule has 1 aromatic carbocycles. The van der Waals surface area contributed by atoms with Gasteiger partial charge in [-0.1, -0.05) is 15.9 Å². The molecule has 0 aliphatic rings. The Labute approximate surface area is 106 Å². The van der Waals surface area contributed by atoms with E-state index in [9.17, 15) is 13.6 Å². The van der Waals surface area contributed by atoms with Gasteiger partial charge in [-0.15, -0.1) is 0 Å². The van der Waals surface area contributed by atoms with Gasteiger partial charge < -0.3 is 10.4 Å². The first-order valence-electron chi connectivity index (χ1n) is 4.91. The molecular formula is C11H12BrF2NO2. The molecule has 0 aliphatic heterocycles. The number of benzene rings is 1. The maximum Gasteiger partial charge on any atom is 0.265 e. The smallest absolute Gasteiger partial charge is 0.265 e. The number of aliphatic hydroxyl groups is 1. The van der Waals surface area contributed by atoms with Gasteiger partial charge in [-0.3, -0.25) is 4.79 Å². The largest absolute Gasteiger partial charge is 0.385 e. The standard InChI is InChI=1S/C11H12BrF2NO2/c1-6-2-7(4-8(12)3-6)11(17)15-5-9(16)10(13)14/h2-4,9-10,16H,5H2,1H3,(H,15,17). The molecule has 0 saturated heterocycles. The Morgan fingerprint density at radius 2 is 2.12 bits per heavy atom. The zero-order valence-corrected chi connectivity index (χ0v) is 10.7. The third-order valence-electron chi connectivity index (χ3n) is 2.07. The Hall–Kier alpha value is -1.01. The first-order valence-corrected chi connectivity index (χ1v) is 5.71. The summed E-state index contributed by atoms with van der Waals surface area (Å²) in [4.78, 5) is 11.6. The molecule has 1 atom stereocenters. The highest BCUT2D eigenvalue weighted by Crippen LogP contribution is 2.15. The summed E-state index contributed by atoms with van der Waals surface area (Å²) in [5.74, 6) is -0.492. The van der Waals surface area contributed by atoms with Gasteiger partial charge in [0.15, 0.2) is 0 Å². The molecule has 17 heavy (non-hydrogen) atoms. The fourth-order valence-electron chi connectivity index (χ4n) is 1.26. The molecule has 1 rings (SSSR count). The number of nitrogens with one attached hydrogen (secondary N) is 1. The van der Waals surface area contributed by atoms with Crippen LogP contribution < -0.4 is 5.32 Å². The van der Waals surface area contributed by atoms with Gasteiger partial charge >= 0.3 is 0 Å². The summed E-state index contributed by atoms with van der Waals surface area (Å²) < 4.78 is 24.7. The van der Waals surface area contributed by atoms with Crippen molar-refractivity contribution in [1.82, 2.24) is 5.32 Å². The Morgan fingerprint density at radius 1 is 1.47 bits per heavy atom. The maximum atomic E-state index is 12.0. The number of hydrogen-bond acceptors (Lipinski definition) is 2. The normalized spacial score (nSPS) is 12.6. The number of aliphatic hydroxyl groups excluding tert-OH is 1. The molecule has 0 aromatic heterocycles. The van der Waals surface area contributed by atoms with E-state index in [1.807, 2.05) is 13.0 Å². The number of halogens is 3. The molecule has 0 bridgehead atoms. The predicted molar refractivity (Wildman–Crippen MR) is 63.2 cm³/mol. The van der Waals surface area contributed by atoms with Crippen LogP contribution in [0.3, 0.4) is 0 Å². The summed E-state index contributed by atoms with van der Waals surface area (Å²) in [5.41, 5.74) is 1.23. The summed E-state index contributed by atoms with van der Waals surface area (Å²) >= 11 is 3.24. The van der Waals surface area contributed by atoms with Crippen molar-refractivity contribution in [3.05, 3.63) is 33.8 Å². The van der Waals surface area contributed by atoms with E-state index in [1.165, 1.54) is 0 Å². The quantitative estimate of drug-likeness (QED) is 0.895. The molecule has 0 saturated carbocycles. The van der Waals surface area contributed by atoms with Crippen LogP contribution in [-0.2, 0) is 0 Å². The fraction of sp³-hybridized carbons (Fsp3) is 0.364.